The summed E-state index contributed by atoms with van der Waals surface area (Å²) in [6, 6.07) is 15.6. The molecule has 1 heterocycles. The van der Waals surface area contributed by atoms with E-state index in [1.54, 1.807) is 6.07 Å². The highest BCUT2D eigenvalue weighted by atomic mass is 32.2. The highest BCUT2D eigenvalue weighted by molar-refractivity contribution is 7.92. The second-order valence-electron chi connectivity index (χ2n) is 6.68. The van der Waals surface area contributed by atoms with Gasteiger partial charge in [0.2, 0.25) is 0 Å². The fourth-order valence-electron chi connectivity index (χ4n) is 2.93. The second kappa shape index (κ2) is 8.07. The Morgan fingerprint density at radius 2 is 1.71 bits per heavy atom. The van der Waals surface area contributed by atoms with Crippen LogP contribution in [-0.2, 0) is 21.4 Å². The molecule has 4 rings (SSSR count). The smallest absolute Gasteiger partial charge is 0.338 e. The van der Waals surface area contributed by atoms with Gasteiger partial charge in [0.05, 0.1) is 21.5 Å². The van der Waals surface area contributed by atoms with Gasteiger partial charge in [-0.05, 0) is 60.2 Å². The number of carbonyl (C=O) groups is 1. The third-order valence-corrected chi connectivity index (χ3v) is 5.81. The van der Waals surface area contributed by atoms with Crippen LogP contribution in [0.3, 0.4) is 0 Å². The minimum absolute atomic E-state index is 0.0335. The molecule has 4 aromatic rings. The third kappa shape index (κ3) is 4.64. The quantitative estimate of drug-likeness (QED) is 0.397. The van der Waals surface area contributed by atoms with Crippen molar-refractivity contribution in [1.82, 2.24) is 9.97 Å². The number of anilines is 1. The number of carbonyl (C=O) groups excluding carboxylic acids is 1. The summed E-state index contributed by atoms with van der Waals surface area (Å²) in [7, 11) is -3.92. The summed E-state index contributed by atoms with van der Waals surface area (Å²) in [4.78, 5) is 28.5. The zero-order valence-corrected chi connectivity index (χ0v) is 16.7. The lowest BCUT2D eigenvalue weighted by Gasteiger charge is -2.09. The summed E-state index contributed by atoms with van der Waals surface area (Å²) in [5, 5.41) is 0. The number of sulfonamides is 1. The molecule has 0 unspecified atom stereocenters. The van der Waals surface area contributed by atoms with Crippen LogP contribution in [0.15, 0.2) is 76.4 Å². The second-order valence-corrected chi connectivity index (χ2v) is 8.36. The zero-order valence-electron chi connectivity index (χ0n) is 15.9. The number of nitrogens with one attached hydrogen (secondary N) is 3. The number of ether oxygens (including phenoxy) is 1. The minimum Gasteiger partial charge on any atom is -0.457 e. The van der Waals surface area contributed by atoms with E-state index in [2.05, 4.69) is 14.7 Å². The number of rotatable bonds is 6. The molecule has 0 aliphatic carbocycles. The average Bonchev–Trinajstić information content (AvgIpc) is 3.11. The number of hydrogen-bond acceptors (Lipinski definition) is 5. The van der Waals surface area contributed by atoms with Crippen molar-refractivity contribution in [2.45, 2.75) is 11.5 Å². The molecule has 0 saturated heterocycles. The average molecular weight is 441 g/mol. The summed E-state index contributed by atoms with van der Waals surface area (Å²) >= 11 is 0. The first kappa shape index (κ1) is 20.4. The number of benzene rings is 3. The minimum atomic E-state index is -3.92. The number of imidazole rings is 1. The Bertz CT molecular complexity index is 1430. The number of aromatic nitrogens is 2. The highest BCUT2D eigenvalue weighted by Crippen LogP contribution is 2.20. The Morgan fingerprint density at radius 1 is 0.968 bits per heavy atom. The maximum absolute atomic E-state index is 13.2. The van der Waals surface area contributed by atoms with Gasteiger partial charge in [0.25, 0.3) is 10.0 Å². The molecular weight excluding hydrogens is 425 g/mol. The molecule has 0 amide bonds. The molecule has 3 aromatic carbocycles. The van der Waals surface area contributed by atoms with Crippen LogP contribution in [0.4, 0.5) is 10.1 Å². The number of halogens is 1. The first-order valence-corrected chi connectivity index (χ1v) is 10.5. The van der Waals surface area contributed by atoms with Crippen molar-refractivity contribution >= 4 is 32.7 Å². The number of fused-ring (bicyclic) bond motifs is 1. The Hall–Kier alpha value is -3.92. The van der Waals surface area contributed by atoms with Gasteiger partial charge in [-0.25, -0.2) is 22.4 Å². The topological polar surface area (TPSA) is 121 Å². The molecule has 0 saturated carbocycles. The normalized spacial score (nSPS) is 11.4. The molecule has 31 heavy (non-hydrogen) atoms. The van der Waals surface area contributed by atoms with E-state index in [1.165, 1.54) is 60.7 Å². The van der Waals surface area contributed by atoms with Crippen LogP contribution in [0.5, 0.6) is 0 Å². The van der Waals surface area contributed by atoms with Gasteiger partial charge in [-0.3, -0.25) is 4.72 Å². The van der Waals surface area contributed by atoms with Gasteiger partial charge in [0.15, 0.2) is 0 Å². The number of esters is 1. The molecule has 10 heteroatoms. The Balaban J connectivity index is 1.44. The standard InChI is InChI=1S/C21H16FN3O5S/c22-15-3-1-2-13(10-15)12-30-20(26)14-4-6-16(7-5-14)25-31(28,29)17-8-9-18-19(11-17)24-21(27)23-18/h1-11,25H,12H2,(H2,23,24,27). The molecule has 0 radical (unpaired) electrons. The van der Waals surface area contributed by atoms with Crippen molar-refractivity contribution in [3.63, 3.8) is 0 Å². The summed E-state index contributed by atoms with van der Waals surface area (Å²) < 4.78 is 46.0. The van der Waals surface area contributed by atoms with Crippen LogP contribution in [0.2, 0.25) is 0 Å². The van der Waals surface area contributed by atoms with Crippen LogP contribution >= 0.6 is 0 Å². The van der Waals surface area contributed by atoms with Crippen molar-refractivity contribution in [2.75, 3.05) is 4.72 Å². The van der Waals surface area contributed by atoms with Gasteiger partial charge < -0.3 is 14.7 Å². The first-order valence-electron chi connectivity index (χ1n) is 9.07. The summed E-state index contributed by atoms with van der Waals surface area (Å²) in [5.41, 5.74) is 1.39. The van der Waals surface area contributed by atoms with Gasteiger partial charge in [0, 0.05) is 5.69 Å². The molecule has 8 nitrogen and oxygen atoms in total. The molecular formula is C21H16FN3O5S. The lowest BCUT2D eigenvalue weighted by molar-refractivity contribution is 0.0472. The van der Waals surface area contributed by atoms with Crippen LogP contribution in [0.25, 0.3) is 11.0 Å². The first-order chi connectivity index (χ1) is 14.8. The van der Waals surface area contributed by atoms with Crippen molar-refractivity contribution in [2.24, 2.45) is 0 Å². The van der Waals surface area contributed by atoms with Crippen molar-refractivity contribution in [1.29, 1.82) is 0 Å². The fourth-order valence-corrected chi connectivity index (χ4v) is 4.01. The van der Waals surface area contributed by atoms with Crippen LogP contribution in [-0.4, -0.2) is 24.4 Å². The molecule has 3 N–H and O–H groups in total. The fraction of sp³-hybridized carbons (Fsp3) is 0.0476. The molecule has 0 bridgehead atoms. The lowest BCUT2D eigenvalue weighted by atomic mass is 10.2. The van der Waals surface area contributed by atoms with Gasteiger partial charge in [-0.1, -0.05) is 12.1 Å². The van der Waals surface area contributed by atoms with Crippen molar-refractivity contribution < 1.29 is 22.3 Å². The van der Waals surface area contributed by atoms with Crippen LogP contribution in [0.1, 0.15) is 15.9 Å². The van der Waals surface area contributed by atoms with Gasteiger partial charge in [-0.15, -0.1) is 0 Å². The number of H-pyrrole nitrogens is 2. The molecule has 0 aliphatic rings. The zero-order chi connectivity index (χ0) is 22.0. The third-order valence-electron chi connectivity index (χ3n) is 4.43. The van der Waals surface area contributed by atoms with E-state index in [0.717, 1.165) is 0 Å². The number of hydrogen-bond donors (Lipinski definition) is 3. The van der Waals surface area contributed by atoms with Gasteiger partial charge in [0.1, 0.15) is 12.4 Å². The largest absolute Gasteiger partial charge is 0.457 e. The maximum Gasteiger partial charge on any atom is 0.338 e. The van der Waals surface area contributed by atoms with E-state index in [0.29, 0.717) is 16.6 Å². The number of aromatic amines is 2. The van der Waals surface area contributed by atoms with Gasteiger partial charge in [-0.2, -0.15) is 0 Å². The van der Waals surface area contributed by atoms with E-state index >= 15 is 0 Å². The van der Waals surface area contributed by atoms with Gasteiger partial charge >= 0.3 is 11.7 Å². The van der Waals surface area contributed by atoms with Crippen LogP contribution in [0, 0.1) is 5.82 Å². The van der Waals surface area contributed by atoms with Crippen molar-refractivity contribution in [3.8, 4) is 0 Å². The Labute approximate surface area is 175 Å². The summed E-state index contributed by atoms with van der Waals surface area (Å²) in [5.74, 6) is -1.05. The van der Waals surface area contributed by atoms with E-state index in [-0.39, 0.29) is 22.8 Å². The lowest BCUT2D eigenvalue weighted by Crippen LogP contribution is -2.13. The molecule has 158 valence electrons. The summed E-state index contributed by atoms with van der Waals surface area (Å²) in [6.07, 6.45) is 0. The summed E-state index contributed by atoms with van der Waals surface area (Å²) in [6.45, 7) is -0.0886. The Kier molecular flexibility index (Phi) is 5.30. The van der Waals surface area contributed by atoms with Crippen molar-refractivity contribution in [3.05, 3.63) is 94.2 Å². The van der Waals surface area contributed by atoms with E-state index in [9.17, 15) is 22.4 Å². The molecule has 0 fully saturated rings. The predicted molar refractivity (Wildman–Crippen MR) is 112 cm³/mol. The van der Waals surface area contributed by atoms with E-state index in [1.807, 2.05) is 0 Å². The highest BCUT2D eigenvalue weighted by Gasteiger charge is 2.16. The molecule has 0 spiro atoms. The van der Waals surface area contributed by atoms with E-state index in [4.69, 9.17) is 4.74 Å². The van der Waals surface area contributed by atoms with E-state index < -0.39 is 27.5 Å². The maximum atomic E-state index is 13.2. The monoisotopic (exact) mass is 441 g/mol. The molecule has 0 aliphatic heterocycles. The SMILES string of the molecule is O=C(OCc1cccc(F)c1)c1ccc(NS(=O)(=O)c2ccc3[nH]c(=O)[nH]c3c2)cc1. The van der Waals surface area contributed by atoms with Crippen LogP contribution < -0.4 is 10.4 Å². The Morgan fingerprint density at radius 3 is 2.45 bits per heavy atom. The molecule has 0 atom stereocenters. The molecule has 1 aromatic heterocycles. The predicted octanol–water partition coefficient (Wildman–Crippen LogP) is 3.15.